The second-order valence-electron chi connectivity index (χ2n) is 8.38. The van der Waals surface area contributed by atoms with Crippen LogP contribution in [0.5, 0.6) is 0 Å². The molecule has 4 rings (SSSR count). The van der Waals surface area contributed by atoms with Gasteiger partial charge in [0.15, 0.2) is 0 Å². The van der Waals surface area contributed by atoms with Crippen LogP contribution < -0.4 is 11.1 Å². The zero-order valence-corrected chi connectivity index (χ0v) is 16.8. The molecule has 3 N–H and O–H groups in total. The van der Waals surface area contributed by atoms with Gasteiger partial charge in [0.05, 0.1) is 5.92 Å². The first-order chi connectivity index (χ1) is 14.1. The van der Waals surface area contributed by atoms with E-state index in [2.05, 4.69) is 22.3 Å². The van der Waals surface area contributed by atoms with Gasteiger partial charge in [-0.05, 0) is 73.5 Å². The summed E-state index contributed by atoms with van der Waals surface area (Å²) in [5.41, 5.74) is 9.44. The van der Waals surface area contributed by atoms with Crippen LogP contribution in [0.4, 0.5) is 5.69 Å². The van der Waals surface area contributed by atoms with E-state index in [9.17, 15) is 9.59 Å². The van der Waals surface area contributed by atoms with Gasteiger partial charge >= 0.3 is 0 Å². The highest BCUT2D eigenvalue weighted by atomic mass is 16.2. The number of amides is 2. The molecule has 2 amide bonds. The Morgan fingerprint density at radius 3 is 2.31 bits per heavy atom. The lowest BCUT2D eigenvalue weighted by atomic mass is 9.80. The van der Waals surface area contributed by atoms with E-state index >= 15 is 0 Å². The van der Waals surface area contributed by atoms with Crippen LogP contribution in [-0.2, 0) is 11.3 Å². The number of primary amides is 1. The zero-order valence-electron chi connectivity index (χ0n) is 16.8. The molecule has 1 aliphatic heterocycles. The number of benzene rings is 2. The van der Waals surface area contributed by atoms with Crippen LogP contribution in [0.2, 0.25) is 0 Å². The Morgan fingerprint density at radius 2 is 1.69 bits per heavy atom. The number of piperidine rings is 1. The Balaban J connectivity index is 1.31. The molecule has 2 aromatic carbocycles. The molecular formula is C24H29N3O2. The Morgan fingerprint density at radius 1 is 0.966 bits per heavy atom. The van der Waals surface area contributed by atoms with E-state index < -0.39 is 0 Å². The molecule has 1 atom stereocenters. The van der Waals surface area contributed by atoms with E-state index in [1.54, 1.807) is 0 Å². The summed E-state index contributed by atoms with van der Waals surface area (Å²) in [6.45, 7) is 2.50. The van der Waals surface area contributed by atoms with E-state index in [1.165, 1.54) is 24.8 Å². The maximum atomic E-state index is 12.5. The van der Waals surface area contributed by atoms with Crippen molar-refractivity contribution in [1.29, 1.82) is 0 Å². The van der Waals surface area contributed by atoms with Gasteiger partial charge in [0.2, 0.25) is 5.91 Å². The number of carbonyl (C=O) groups is 2. The van der Waals surface area contributed by atoms with E-state index in [0.717, 1.165) is 43.7 Å². The van der Waals surface area contributed by atoms with Gasteiger partial charge in [-0.3, -0.25) is 14.5 Å². The zero-order chi connectivity index (χ0) is 20.2. The molecule has 2 aliphatic rings. The number of nitrogens with two attached hydrogens (primary N) is 1. The average molecular weight is 392 g/mol. The van der Waals surface area contributed by atoms with E-state index in [4.69, 9.17) is 5.73 Å². The third-order valence-electron chi connectivity index (χ3n) is 6.28. The fourth-order valence-corrected chi connectivity index (χ4v) is 4.23. The molecule has 0 radical (unpaired) electrons. The number of carbonyl (C=O) groups excluding carboxylic acids is 2. The van der Waals surface area contributed by atoms with Crippen molar-refractivity contribution in [3.8, 4) is 0 Å². The van der Waals surface area contributed by atoms with Crippen LogP contribution >= 0.6 is 0 Å². The van der Waals surface area contributed by atoms with Gasteiger partial charge < -0.3 is 11.1 Å². The minimum absolute atomic E-state index is 0.0435. The second-order valence-corrected chi connectivity index (χ2v) is 8.38. The molecule has 0 unspecified atom stereocenters. The van der Waals surface area contributed by atoms with Crippen LogP contribution in [0.25, 0.3) is 0 Å². The number of nitrogens with zero attached hydrogens (tertiary/aromatic N) is 1. The predicted octanol–water partition coefficient (Wildman–Crippen LogP) is 3.90. The third kappa shape index (κ3) is 4.85. The molecule has 1 saturated heterocycles. The molecule has 1 aliphatic carbocycles. The number of likely N-dealkylation sites (tertiary alicyclic amines) is 1. The monoisotopic (exact) mass is 391 g/mol. The van der Waals surface area contributed by atoms with Crippen LogP contribution in [-0.4, -0.2) is 29.8 Å². The number of rotatable bonds is 6. The van der Waals surface area contributed by atoms with Gasteiger partial charge in [-0.1, -0.05) is 30.7 Å². The Bertz CT molecular complexity index is 857. The topological polar surface area (TPSA) is 75.4 Å². The van der Waals surface area contributed by atoms with Crippen molar-refractivity contribution in [1.82, 2.24) is 4.90 Å². The second kappa shape index (κ2) is 8.78. The lowest BCUT2D eigenvalue weighted by molar-refractivity contribution is -0.123. The maximum absolute atomic E-state index is 12.5. The quantitative estimate of drug-likeness (QED) is 0.784. The number of anilines is 1. The van der Waals surface area contributed by atoms with Crippen LogP contribution in [0.3, 0.4) is 0 Å². The molecule has 0 spiro atoms. The summed E-state index contributed by atoms with van der Waals surface area (Å²) in [4.78, 5) is 26.2. The normalized spacial score (nSPS) is 20.1. The molecule has 1 saturated carbocycles. The highest BCUT2D eigenvalue weighted by Gasteiger charge is 2.24. The highest BCUT2D eigenvalue weighted by molar-refractivity contribution is 6.04. The first-order valence-electron chi connectivity index (χ1n) is 10.6. The third-order valence-corrected chi connectivity index (χ3v) is 6.28. The number of hydrogen-bond acceptors (Lipinski definition) is 3. The molecule has 2 fully saturated rings. The summed E-state index contributed by atoms with van der Waals surface area (Å²) in [5.74, 6) is 0.350. The molecule has 0 bridgehead atoms. The van der Waals surface area contributed by atoms with Gasteiger partial charge in [-0.25, -0.2) is 0 Å². The van der Waals surface area contributed by atoms with Gasteiger partial charge in [-0.2, -0.15) is 0 Å². The van der Waals surface area contributed by atoms with Gasteiger partial charge in [0, 0.05) is 24.3 Å². The SMILES string of the molecule is NC(=O)[C@H]1CCCN(Cc2ccc(NC(=O)c3ccc(C4CCC4)cc3)cc2)C1. The molecule has 5 nitrogen and oxygen atoms in total. The maximum Gasteiger partial charge on any atom is 0.255 e. The first-order valence-corrected chi connectivity index (χ1v) is 10.6. The van der Waals surface area contributed by atoms with Crippen molar-refractivity contribution in [2.24, 2.45) is 11.7 Å². The summed E-state index contributed by atoms with van der Waals surface area (Å²) in [5, 5.41) is 2.97. The lowest BCUT2D eigenvalue weighted by Gasteiger charge is -2.31. The fraction of sp³-hybridized carbons (Fsp3) is 0.417. The predicted molar refractivity (Wildman–Crippen MR) is 115 cm³/mol. The summed E-state index contributed by atoms with van der Waals surface area (Å²) in [6, 6.07) is 15.9. The van der Waals surface area contributed by atoms with Crippen molar-refractivity contribution < 1.29 is 9.59 Å². The summed E-state index contributed by atoms with van der Waals surface area (Å²) in [7, 11) is 0. The molecule has 1 heterocycles. The van der Waals surface area contributed by atoms with E-state index in [-0.39, 0.29) is 17.7 Å². The smallest absolute Gasteiger partial charge is 0.255 e. The minimum Gasteiger partial charge on any atom is -0.369 e. The van der Waals surface area contributed by atoms with Crippen LogP contribution in [0.1, 0.15) is 59.5 Å². The first kappa shape index (κ1) is 19.6. The number of hydrogen-bond donors (Lipinski definition) is 2. The summed E-state index contributed by atoms with van der Waals surface area (Å²) >= 11 is 0. The summed E-state index contributed by atoms with van der Waals surface area (Å²) < 4.78 is 0. The molecule has 152 valence electrons. The van der Waals surface area contributed by atoms with Crippen molar-refractivity contribution in [2.75, 3.05) is 18.4 Å². The van der Waals surface area contributed by atoms with Crippen molar-refractivity contribution in [3.05, 3.63) is 65.2 Å². The minimum atomic E-state index is -0.200. The summed E-state index contributed by atoms with van der Waals surface area (Å²) in [6.07, 6.45) is 5.73. The van der Waals surface area contributed by atoms with E-state index in [0.29, 0.717) is 11.5 Å². The van der Waals surface area contributed by atoms with Crippen molar-refractivity contribution in [3.63, 3.8) is 0 Å². The van der Waals surface area contributed by atoms with Gasteiger partial charge in [-0.15, -0.1) is 0 Å². The Kier molecular flexibility index (Phi) is 5.95. The Labute approximate surface area is 172 Å². The fourth-order valence-electron chi connectivity index (χ4n) is 4.23. The van der Waals surface area contributed by atoms with Crippen molar-refractivity contribution in [2.45, 2.75) is 44.6 Å². The highest BCUT2D eigenvalue weighted by Crippen LogP contribution is 2.36. The van der Waals surface area contributed by atoms with Crippen LogP contribution in [0.15, 0.2) is 48.5 Å². The van der Waals surface area contributed by atoms with Crippen molar-refractivity contribution >= 4 is 17.5 Å². The molecule has 5 heteroatoms. The van der Waals surface area contributed by atoms with Gasteiger partial charge in [0.1, 0.15) is 0 Å². The van der Waals surface area contributed by atoms with Gasteiger partial charge in [0.25, 0.3) is 5.91 Å². The average Bonchev–Trinajstić information content (AvgIpc) is 2.69. The lowest BCUT2D eigenvalue weighted by Crippen LogP contribution is -2.40. The molecule has 2 aromatic rings. The largest absolute Gasteiger partial charge is 0.369 e. The molecule has 29 heavy (non-hydrogen) atoms. The molecule has 0 aromatic heterocycles. The molecular weight excluding hydrogens is 362 g/mol. The van der Waals surface area contributed by atoms with Crippen LogP contribution in [0, 0.1) is 5.92 Å². The standard InChI is InChI=1S/C24H29N3O2/c25-23(28)21-5-2-14-27(16-21)15-17-6-12-22(13-7-17)26-24(29)20-10-8-19(9-11-20)18-3-1-4-18/h6-13,18,21H,1-5,14-16H2,(H2,25,28)(H,26,29)/t21-/m0/s1. The number of nitrogens with one attached hydrogen (secondary N) is 1. The Hall–Kier alpha value is -2.66. The van der Waals surface area contributed by atoms with E-state index in [1.807, 2.05) is 36.4 Å².